The molecule has 0 bridgehead atoms. The third-order valence-corrected chi connectivity index (χ3v) is 3.18. The molecule has 2 aromatic heterocycles. The second kappa shape index (κ2) is 4.90. The first-order valence-corrected chi connectivity index (χ1v) is 6.10. The third kappa shape index (κ3) is 2.16. The van der Waals surface area contributed by atoms with Crippen molar-refractivity contribution in [1.29, 1.82) is 0 Å². The van der Waals surface area contributed by atoms with E-state index in [9.17, 15) is 4.79 Å². The fourth-order valence-corrected chi connectivity index (χ4v) is 2.05. The zero-order chi connectivity index (χ0) is 13.3. The first-order chi connectivity index (χ1) is 8.56. The molecule has 2 heterocycles. The Balaban J connectivity index is 2.66. The first kappa shape index (κ1) is 12.8. The van der Waals surface area contributed by atoms with Gasteiger partial charge in [0.25, 0.3) is 0 Å². The maximum atomic E-state index is 10.8. The first-order valence-electron chi connectivity index (χ1n) is 5.72. The number of aromatic nitrogens is 3. The van der Waals surface area contributed by atoms with Crippen LogP contribution in [-0.2, 0) is 11.8 Å². The SMILES string of the molecule is CCC(C=O)=Cc1cc2c(C)nn(C)c2nc1Cl. The molecule has 0 aromatic carbocycles. The predicted octanol–water partition coefficient (Wildman–Crippen LogP) is 2.92. The molecule has 0 aliphatic carbocycles. The van der Waals surface area contributed by atoms with Crippen molar-refractivity contribution in [3.8, 4) is 0 Å². The molecule has 0 unspecified atom stereocenters. The van der Waals surface area contributed by atoms with Gasteiger partial charge >= 0.3 is 0 Å². The third-order valence-electron chi connectivity index (χ3n) is 2.88. The minimum absolute atomic E-state index is 0.387. The molecule has 0 aliphatic rings. The van der Waals surface area contributed by atoms with Crippen molar-refractivity contribution in [2.45, 2.75) is 20.3 Å². The number of allylic oxidation sites excluding steroid dienone is 1. The molecule has 0 aliphatic heterocycles. The Hall–Kier alpha value is -1.68. The fourth-order valence-electron chi connectivity index (χ4n) is 1.86. The number of fused-ring (bicyclic) bond motifs is 1. The van der Waals surface area contributed by atoms with Crippen LogP contribution in [0.15, 0.2) is 11.6 Å². The Kier molecular flexibility index (Phi) is 3.48. The van der Waals surface area contributed by atoms with Crippen molar-refractivity contribution in [3.63, 3.8) is 0 Å². The van der Waals surface area contributed by atoms with Crippen molar-refractivity contribution in [3.05, 3.63) is 28.0 Å². The quantitative estimate of drug-likeness (QED) is 0.486. The lowest BCUT2D eigenvalue weighted by Gasteiger charge is -2.01. The number of nitrogens with zero attached hydrogens (tertiary/aromatic N) is 3. The molecule has 0 radical (unpaired) electrons. The molecule has 2 aromatic rings. The van der Waals surface area contributed by atoms with Crippen molar-refractivity contribution >= 4 is 35.0 Å². The molecule has 18 heavy (non-hydrogen) atoms. The van der Waals surface area contributed by atoms with Gasteiger partial charge in [-0.1, -0.05) is 18.5 Å². The summed E-state index contributed by atoms with van der Waals surface area (Å²) in [5.74, 6) is 0. The van der Waals surface area contributed by atoms with Gasteiger partial charge in [-0.05, 0) is 31.1 Å². The van der Waals surface area contributed by atoms with E-state index in [1.54, 1.807) is 10.8 Å². The molecule has 4 nitrogen and oxygen atoms in total. The van der Waals surface area contributed by atoms with Crippen LogP contribution in [0, 0.1) is 6.92 Å². The van der Waals surface area contributed by atoms with E-state index < -0.39 is 0 Å². The van der Waals surface area contributed by atoms with Crippen molar-refractivity contribution in [1.82, 2.24) is 14.8 Å². The smallest absolute Gasteiger partial charge is 0.159 e. The maximum absolute atomic E-state index is 10.8. The van der Waals surface area contributed by atoms with E-state index in [2.05, 4.69) is 10.1 Å². The van der Waals surface area contributed by atoms with Crippen molar-refractivity contribution in [2.75, 3.05) is 0 Å². The van der Waals surface area contributed by atoms with Gasteiger partial charge in [0.1, 0.15) is 11.4 Å². The van der Waals surface area contributed by atoms with Crippen molar-refractivity contribution < 1.29 is 4.79 Å². The predicted molar refractivity (Wildman–Crippen MR) is 72.6 cm³/mol. The maximum Gasteiger partial charge on any atom is 0.159 e. The summed E-state index contributed by atoms with van der Waals surface area (Å²) >= 11 is 6.13. The molecule has 0 saturated heterocycles. The van der Waals surface area contributed by atoms with Crippen LogP contribution >= 0.6 is 11.6 Å². The van der Waals surface area contributed by atoms with Crippen LogP contribution in [0.4, 0.5) is 0 Å². The van der Waals surface area contributed by atoms with Gasteiger partial charge in [-0.25, -0.2) is 4.98 Å². The van der Waals surface area contributed by atoms with Gasteiger partial charge in [0.05, 0.1) is 5.69 Å². The monoisotopic (exact) mass is 263 g/mol. The van der Waals surface area contributed by atoms with E-state index in [1.807, 2.05) is 27.0 Å². The van der Waals surface area contributed by atoms with E-state index in [0.717, 1.165) is 28.6 Å². The largest absolute Gasteiger partial charge is 0.298 e. The summed E-state index contributed by atoms with van der Waals surface area (Å²) in [6, 6.07) is 1.92. The number of aryl methyl sites for hydroxylation is 2. The van der Waals surface area contributed by atoms with Gasteiger partial charge in [0, 0.05) is 18.0 Å². The molecule has 0 spiro atoms. The topological polar surface area (TPSA) is 47.8 Å². The summed E-state index contributed by atoms with van der Waals surface area (Å²) in [6.07, 6.45) is 3.29. The highest BCUT2D eigenvalue weighted by Gasteiger charge is 2.10. The van der Waals surface area contributed by atoms with Gasteiger partial charge in [0.15, 0.2) is 5.65 Å². The molecule has 2 rings (SSSR count). The minimum Gasteiger partial charge on any atom is -0.298 e. The summed E-state index contributed by atoms with van der Waals surface area (Å²) < 4.78 is 1.70. The van der Waals surface area contributed by atoms with Gasteiger partial charge in [0.2, 0.25) is 0 Å². The highest BCUT2D eigenvalue weighted by Crippen LogP contribution is 2.24. The number of rotatable bonds is 3. The second-order valence-corrected chi connectivity index (χ2v) is 4.50. The van der Waals surface area contributed by atoms with Crippen LogP contribution in [0.25, 0.3) is 17.1 Å². The van der Waals surface area contributed by atoms with Gasteiger partial charge in [-0.15, -0.1) is 0 Å². The van der Waals surface area contributed by atoms with Crippen LogP contribution < -0.4 is 0 Å². The van der Waals surface area contributed by atoms with Crippen LogP contribution in [0.1, 0.15) is 24.6 Å². The number of hydrogen-bond donors (Lipinski definition) is 0. The molecule has 0 atom stereocenters. The number of carbonyl (C=O) groups excluding carboxylic acids is 1. The standard InChI is InChI=1S/C13H14ClN3O/c1-4-9(7-18)5-10-6-11-8(2)16-17(3)13(11)15-12(10)14/h5-7H,4H2,1-3H3. The number of halogens is 1. The zero-order valence-corrected chi connectivity index (χ0v) is 11.3. The molecule has 0 fully saturated rings. The van der Waals surface area contributed by atoms with E-state index in [-0.39, 0.29) is 0 Å². The van der Waals surface area contributed by atoms with Crippen LogP contribution in [0.3, 0.4) is 0 Å². The van der Waals surface area contributed by atoms with E-state index in [0.29, 0.717) is 17.1 Å². The van der Waals surface area contributed by atoms with E-state index >= 15 is 0 Å². The van der Waals surface area contributed by atoms with Crippen LogP contribution in [-0.4, -0.2) is 21.1 Å². The van der Waals surface area contributed by atoms with Crippen LogP contribution in [0.5, 0.6) is 0 Å². The molecule has 0 N–H and O–H groups in total. The lowest BCUT2D eigenvalue weighted by molar-refractivity contribution is -0.104. The number of pyridine rings is 1. The second-order valence-electron chi connectivity index (χ2n) is 4.14. The normalized spacial score (nSPS) is 12.1. The number of carbonyl (C=O) groups is 1. The molecule has 0 amide bonds. The Morgan fingerprint density at radius 3 is 2.89 bits per heavy atom. The van der Waals surface area contributed by atoms with E-state index in [4.69, 9.17) is 11.6 Å². The summed E-state index contributed by atoms with van der Waals surface area (Å²) in [5.41, 5.74) is 3.10. The molecular formula is C13H14ClN3O. The van der Waals surface area contributed by atoms with Crippen LogP contribution in [0.2, 0.25) is 5.15 Å². The molecular weight excluding hydrogens is 250 g/mol. The Morgan fingerprint density at radius 1 is 1.56 bits per heavy atom. The minimum atomic E-state index is 0.387. The molecule has 0 saturated carbocycles. The summed E-state index contributed by atoms with van der Waals surface area (Å²) in [6.45, 7) is 3.85. The number of hydrogen-bond acceptors (Lipinski definition) is 3. The highest BCUT2D eigenvalue weighted by molar-refractivity contribution is 6.31. The molecule has 5 heteroatoms. The lowest BCUT2D eigenvalue weighted by Crippen LogP contribution is -1.93. The van der Waals surface area contributed by atoms with Gasteiger partial charge < -0.3 is 0 Å². The van der Waals surface area contributed by atoms with Gasteiger partial charge in [-0.2, -0.15) is 5.10 Å². The summed E-state index contributed by atoms with van der Waals surface area (Å²) in [7, 11) is 1.83. The molecule has 94 valence electrons. The summed E-state index contributed by atoms with van der Waals surface area (Å²) in [4.78, 5) is 15.2. The van der Waals surface area contributed by atoms with Gasteiger partial charge in [-0.3, -0.25) is 9.48 Å². The Morgan fingerprint density at radius 2 is 2.28 bits per heavy atom. The zero-order valence-electron chi connectivity index (χ0n) is 10.6. The highest BCUT2D eigenvalue weighted by atomic mass is 35.5. The Labute approximate surface area is 110 Å². The summed E-state index contributed by atoms with van der Waals surface area (Å²) in [5, 5.41) is 5.64. The van der Waals surface area contributed by atoms with Crippen molar-refractivity contribution in [2.24, 2.45) is 7.05 Å². The average molecular weight is 264 g/mol. The fraction of sp³-hybridized carbons (Fsp3) is 0.308. The van der Waals surface area contributed by atoms with E-state index in [1.165, 1.54) is 0 Å². The average Bonchev–Trinajstić information content (AvgIpc) is 2.62. The number of aldehydes is 1. The Bertz CT molecular complexity index is 643. The lowest BCUT2D eigenvalue weighted by atomic mass is 10.1.